The van der Waals surface area contributed by atoms with Crippen molar-refractivity contribution >= 4 is 11.6 Å². The average Bonchev–Trinajstić information content (AvgIpc) is 3.60. The van der Waals surface area contributed by atoms with Crippen LogP contribution < -0.4 is 10.2 Å². The number of aromatic nitrogens is 1. The van der Waals surface area contributed by atoms with Crippen molar-refractivity contribution in [2.45, 2.75) is 50.0 Å². The molecule has 196 valence electrons. The van der Waals surface area contributed by atoms with Gasteiger partial charge in [0.25, 0.3) is 0 Å². The van der Waals surface area contributed by atoms with Crippen molar-refractivity contribution in [2.24, 2.45) is 5.92 Å². The topological polar surface area (TPSA) is 91.4 Å². The third-order valence-electron chi connectivity index (χ3n) is 8.03. The lowest BCUT2D eigenvalue weighted by atomic mass is 9.76. The molecule has 38 heavy (non-hydrogen) atoms. The van der Waals surface area contributed by atoms with E-state index in [4.69, 9.17) is 14.1 Å². The quantitative estimate of drug-likeness (QED) is 0.472. The number of oxazole rings is 1. The van der Waals surface area contributed by atoms with E-state index in [-0.39, 0.29) is 23.6 Å². The number of carbonyl (C=O) groups is 1. The van der Waals surface area contributed by atoms with E-state index in [9.17, 15) is 14.4 Å². The minimum atomic E-state index is -0.710. The summed E-state index contributed by atoms with van der Waals surface area (Å²) < 4.78 is 25.5. The maximum Gasteiger partial charge on any atom is 0.226 e. The minimum absolute atomic E-state index is 0.0814. The van der Waals surface area contributed by atoms with Gasteiger partial charge in [-0.1, -0.05) is 25.0 Å². The molecule has 2 atom stereocenters. The molecular weight excluding hydrogens is 483 g/mol. The summed E-state index contributed by atoms with van der Waals surface area (Å²) in [5.74, 6) is 0.235. The zero-order chi connectivity index (χ0) is 26.1. The summed E-state index contributed by atoms with van der Waals surface area (Å²) in [6, 6.07) is 16.6. The summed E-state index contributed by atoms with van der Waals surface area (Å²) in [6.07, 6.45) is 4.87. The Kier molecular flexibility index (Phi) is 6.62. The zero-order valence-electron chi connectivity index (χ0n) is 21.3. The number of morpholine rings is 1. The van der Waals surface area contributed by atoms with Crippen LogP contribution in [0.4, 0.5) is 10.1 Å². The highest BCUT2D eigenvalue weighted by atomic mass is 19.1. The van der Waals surface area contributed by atoms with Gasteiger partial charge < -0.3 is 19.4 Å². The number of halogens is 1. The summed E-state index contributed by atoms with van der Waals surface area (Å²) in [5, 5.41) is 12.5. The van der Waals surface area contributed by atoms with Crippen LogP contribution in [0.5, 0.6) is 0 Å². The summed E-state index contributed by atoms with van der Waals surface area (Å²) in [5.41, 5.74) is 2.72. The highest BCUT2D eigenvalue weighted by Gasteiger charge is 2.47. The van der Waals surface area contributed by atoms with Crippen LogP contribution in [0.3, 0.4) is 0 Å². The molecule has 1 amide bonds. The molecule has 1 aromatic heterocycles. The number of nitrogens with zero attached hydrogens (tertiary/aromatic N) is 3. The van der Waals surface area contributed by atoms with Crippen molar-refractivity contribution in [1.82, 2.24) is 10.3 Å². The molecule has 0 spiro atoms. The predicted octanol–water partition coefficient (Wildman–Crippen LogP) is 5.43. The van der Waals surface area contributed by atoms with Gasteiger partial charge in [0.15, 0.2) is 0 Å². The van der Waals surface area contributed by atoms with Crippen LogP contribution in [0.1, 0.15) is 50.2 Å². The number of carbonyl (C=O) groups excluding carboxylic acids is 1. The Hall–Kier alpha value is -3.70. The van der Waals surface area contributed by atoms with Gasteiger partial charge in [-0.05, 0) is 62.1 Å². The van der Waals surface area contributed by atoms with Gasteiger partial charge in [-0.3, -0.25) is 4.79 Å². The average molecular weight is 515 g/mol. The van der Waals surface area contributed by atoms with Gasteiger partial charge in [0.05, 0.1) is 19.3 Å². The molecule has 2 aromatic carbocycles. The van der Waals surface area contributed by atoms with Gasteiger partial charge in [0.1, 0.15) is 22.8 Å². The van der Waals surface area contributed by atoms with Gasteiger partial charge in [-0.2, -0.15) is 5.26 Å². The Bertz CT molecular complexity index is 1340. The molecule has 8 heteroatoms. The molecule has 3 aliphatic rings. The Morgan fingerprint density at radius 2 is 1.71 bits per heavy atom. The highest BCUT2D eigenvalue weighted by Crippen LogP contribution is 2.45. The number of hydrogen-bond donors (Lipinski definition) is 1. The molecule has 2 aliphatic carbocycles. The molecular formula is C30H31FN4O3. The van der Waals surface area contributed by atoms with E-state index in [1.807, 2.05) is 12.1 Å². The van der Waals surface area contributed by atoms with Crippen LogP contribution in [0.25, 0.3) is 22.7 Å². The molecule has 0 radical (unpaired) electrons. The molecule has 1 N–H and O–H groups in total. The summed E-state index contributed by atoms with van der Waals surface area (Å²) in [6.45, 7) is 3.14. The number of amides is 1. The van der Waals surface area contributed by atoms with E-state index >= 15 is 0 Å². The van der Waals surface area contributed by atoms with Gasteiger partial charge in [0.2, 0.25) is 11.8 Å². The van der Waals surface area contributed by atoms with Crippen LogP contribution in [-0.2, 0) is 9.53 Å². The largest absolute Gasteiger partial charge is 0.440 e. The van der Waals surface area contributed by atoms with E-state index in [1.54, 1.807) is 12.1 Å². The Labute approximate surface area is 221 Å². The van der Waals surface area contributed by atoms with Crippen molar-refractivity contribution in [3.8, 4) is 28.8 Å². The number of nitrogens with one attached hydrogen (secondary N) is 1. The van der Waals surface area contributed by atoms with Crippen molar-refractivity contribution in [1.29, 1.82) is 5.26 Å². The van der Waals surface area contributed by atoms with Crippen molar-refractivity contribution in [3.63, 3.8) is 0 Å². The summed E-state index contributed by atoms with van der Waals surface area (Å²) in [4.78, 5) is 20.6. The molecule has 7 nitrogen and oxygen atoms in total. The van der Waals surface area contributed by atoms with E-state index in [1.165, 1.54) is 12.1 Å². The molecule has 2 unspecified atom stereocenters. The molecule has 3 aromatic rings. The molecule has 1 saturated heterocycles. The number of ether oxygens (including phenoxy) is 1. The normalized spacial score (nSPS) is 22.5. The van der Waals surface area contributed by atoms with Crippen LogP contribution in [0, 0.1) is 23.1 Å². The highest BCUT2D eigenvalue weighted by molar-refractivity contribution is 5.82. The van der Waals surface area contributed by atoms with E-state index in [0.29, 0.717) is 49.0 Å². The van der Waals surface area contributed by atoms with Crippen LogP contribution in [0.15, 0.2) is 52.9 Å². The predicted molar refractivity (Wildman–Crippen MR) is 141 cm³/mol. The van der Waals surface area contributed by atoms with Crippen LogP contribution in [0.2, 0.25) is 0 Å². The Balaban J connectivity index is 1.36. The third kappa shape index (κ3) is 4.91. The molecule has 2 heterocycles. The van der Waals surface area contributed by atoms with Crippen molar-refractivity contribution in [2.75, 3.05) is 31.2 Å². The first-order valence-corrected chi connectivity index (χ1v) is 13.5. The smallest absolute Gasteiger partial charge is 0.226 e. The maximum absolute atomic E-state index is 13.6. The van der Waals surface area contributed by atoms with Gasteiger partial charge in [-0.15, -0.1) is 0 Å². The number of hydrogen-bond acceptors (Lipinski definition) is 6. The number of benzene rings is 2. The van der Waals surface area contributed by atoms with Crippen LogP contribution >= 0.6 is 0 Å². The van der Waals surface area contributed by atoms with Gasteiger partial charge in [0, 0.05) is 41.7 Å². The molecule has 0 bridgehead atoms. The second-order valence-corrected chi connectivity index (χ2v) is 10.6. The van der Waals surface area contributed by atoms with Crippen molar-refractivity contribution in [3.05, 3.63) is 60.1 Å². The lowest BCUT2D eigenvalue weighted by Crippen LogP contribution is -2.42. The zero-order valence-corrected chi connectivity index (χ0v) is 21.3. The lowest BCUT2D eigenvalue weighted by Gasteiger charge is -2.30. The third-order valence-corrected chi connectivity index (χ3v) is 8.03. The fourth-order valence-corrected chi connectivity index (χ4v) is 5.63. The monoisotopic (exact) mass is 514 g/mol. The first-order valence-electron chi connectivity index (χ1n) is 13.5. The Morgan fingerprint density at radius 1 is 1.03 bits per heavy atom. The maximum atomic E-state index is 13.6. The standard InChI is InChI=1S/C30H31FN4O3/c31-22-9-5-21(6-10-22)29-33-26(20-7-11-23(12-8-20)35-15-17-37-18-16-35)27(38-29)24-3-1-2-4-25(24)28(36)34-30(19-32)13-14-30/h5-12,24-25H,1-4,13-18H2,(H,34,36). The fraction of sp³-hybridized carbons (Fsp3) is 0.433. The Morgan fingerprint density at radius 3 is 2.39 bits per heavy atom. The number of rotatable bonds is 6. The van der Waals surface area contributed by atoms with Gasteiger partial charge in [-0.25, -0.2) is 9.37 Å². The molecule has 2 saturated carbocycles. The summed E-state index contributed by atoms with van der Waals surface area (Å²) in [7, 11) is 0. The van der Waals surface area contributed by atoms with Crippen LogP contribution in [-0.4, -0.2) is 42.7 Å². The number of nitriles is 1. The minimum Gasteiger partial charge on any atom is -0.440 e. The summed E-state index contributed by atoms with van der Waals surface area (Å²) >= 11 is 0. The molecule has 3 fully saturated rings. The van der Waals surface area contributed by atoms with Gasteiger partial charge >= 0.3 is 0 Å². The van der Waals surface area contributed by atoms with E-state index < -0.39 is 5.54 Å². The van der Waals surface area contributed by atoms with E-state index in [0.717, 1.165) is 50.0 Å². The van der Waals surface area contributed by atoms with Crippen molar-refractivity contribution < 1.29 is 18.3 Å². The first-order chi connectivity index (χ1) is 18.5. The fourth-order valence-electron chi connectivity index (χ4n) is 5.63. The molecule has 6 rings (SSSR count). The first kappa shape index (κ1) is 24.6. The van der Waals surface area contributed by atoms with E-state index in [2.05, 4.69) is 28.4 Å². The second-order valence-electron chi connectivity index (χ2n) is 10.6. The SMILES string of the molecule is N#CC1(NC(=O)C2CCCCC2c2oc(-c3ccc(F)cc3)nc2-c2ccc(N3CCOCC3)cc2)CC1. The second kappa shape index (κ2) is 10.2. The lowest BCUT2D eigenvalue weighted by molar-refractivity contribution is -0.127. The molecule has 1 aliphatic heterocycles. The number of anilines is 1.